The van der Waals surface area contributed by atoms with E-state index in [4.69, 9.17) is 14.2 Å². The lowest BCUT2D eigenvalue weighted by Crippen LogP contribution is -2.60. The fourth-order valence-corrected chi connectivity index (χ4v) is 5.48. The number of pyridine rings is 1. The number of hydrogen-bond acceptors (Lipinski definition) is 7. The summed E-state index contributed by atoms with van der Waals surface area (Å²) >= 11 is 0. The van der Waals surface area contributed by atoms with Crippen LogP contribution >= 0.6 is 0 Å². The van der Waals surface area contributed by atoms with Crippen molar-refractivity contribution in [2.75, 3.05) is 37.5 Å². The molecule has 1 aromatic heterocycles. The zero-order valence-electron chi connectivity index (χ0n) is 26.3. The van der Waals surface area contributed by atoms with E-state index in [0.717, 1.165) is 23.1 Å². The van der Waals surface area contributed by atoms with Crippen molar-refractivity contribution in [1.29, 1.82) is 0 Å². The van der Waals surface area contributed by atoms with Crippen LogP contribution in [0.1, 0.15) is 5.56 Å². The Hall–Kier alpha value is -6.11. The van der Waals surface area contributed by atoms with Crippen molar-refractivity contribution in [1.82, 2.24) is 9.88 Å². The summed E-state index contributed by atoms with van der Waals surface area (Å²) < 4.78 is 59.9. The van der Waals surface area contributed by atoms with E-state index in [0.29, 0.717) is 28.0 Å². The molecular formula is C36H29F3N4O6. The molecule has 5 aromatic rings. The molecule has 4 amide bonds. The average molecular weight is 671 g/mol. The number of urea groups is 1. The number of carbonyl (C=O) groups excluding carboxylic acids is 3. The van der Waals surface area contributed by atoms with Gasteiger partial charge in [-0.2, -0.15) is 0 Å². The number of carbonyl (C=O) groups is 3. The fourth-order valence-electron chi connectivity index (χ4n) is 5.48. The molecule has 1 fully saturated rings. The van der Waals surface area contributed by atoms with Crippen molar-refractivity contribution < 1.29 is 41.8 Å². The number of ether oxygens (including phenoxy) is 3. The molecule has 4 aromatic carbocycles. The van der Waals surface area contributed by atoms with Gasteiger partial charge in [0.2, 0.25) is 11.8 Å². The highest BCUT2D eigenvalue weighted by Crippen LogP contribution is 2.38. The highest BCUT2D eigenvalue weighted by atomic mass is 19.1. The molecule has 49 heavy (non-hydrogen) atoms. The third-order valence-corrected chi connectivity index (χ3v) is 8.02. The van der Waals surface area contributed by atoms with Gasteiger partial charge in [0.15, 0.2) is 23.1 Å². The Bertz CT molecular complexity index is 2060. The molecule has 1 atom stereocenters. The maximum absolute atomic E-state index is 15.4. The first-order valence-electron chi connectivity index (χ1n) is 15.1. The van der Waals surface area contributed by atoms with Gasteiger partial charge in [-0.3, -0.25) is 14.6 Å². The van der Waals surface area contributed by atoms with Crippen molar-refractivity contribution in [2.24, 2.45) is 5.92 Å². The number of amides is 4. The molecule has 1 aliphatic heterocycles. The lowest BCUT2D eigenvalue weighted by molar-refractivity contribution is -0.132. The van der Waals surface area contributed by atoms with Gasteiger partial charge < -0.3 is 24.4 Å². The maximum atomic E-state index is 15.4. The van der Waals surface area contributed by atoms with Crippen LogP contribution in [0.2, 0.25) is 0 Å². The van der Waals surface area contributed by atoms with Crippen LogP contribution in [-0.4, -0.2) is 55.0 Å². The molecule has 0 spiro atoms. The second kappa shape index (κ2) is 13.9. The van der Waals surface area contributed by atoms with Crippen LogP contribution in [0.25, 0.3) is 10.9 Å². The van der Waals surface area contributed by atoms with Crippen molar-refractivity contribution in [3.05, 3.63) is 114 Å². The van der Waals surface area contributed by atoms with Crippen molar-refractivity contribution in [2.45, 2.75) is 6.42 Å². The molecule has 250 valence electrons. The van der Waals surface area contributed by atoms with E-state index >= 15 is 4.39 Å². The zero-order chi connectivity index (χ0) is 34.7. The van der Waals surface area contributed by atoms with Crippen molar-refractivity contribution in [3.63, 3.8) is 0 Å². The minimum atomic E-state index is -1.42. The summed E-state index contributed by atoms with van der Waals surface area (Å²) in [4.78, 5) is 46.9. The van der Waals surface area contributed by atoms with Gasteiger partial charge in [-0.05, 0) is 66.6 Å². The van der Waals surface area contributed by atoms with E-state index in [1.165, 1.54) is 61.7 Å². The highest BCUT2D eigenvalue weighted by molar-refractivity contribution is 6.23. The van der Waals surface area contributed by atoms with E-state index in [1.807, 2.05) is 0 Å². The second-order valence-electron chi connectivity index (χ2n) is 11.0. The van der Waals surface area contributed by atoms with Crippen LogP contribution < -0.4 is 24.4 Å². The molecule has 0 radical (unpaired) electrons. The molecule has 0 aliphatic carbocycles. The third-order valence-electron chi connectivity index (χ3n) is 8.02. The molecule has 10 nitrogen and oxygen atoms in total. The molecule has 1 N–H and O–H groups in total. The number of fused-ring (bicyclic) bond motifs is 1. The molecule has 6 rings (SSSR count). The molecule has 2 heterocycles. The summed E-state index contributed by atoms with van der Waals surface area (Å²) in [5.41, 5.74) is 0.944. The molecule has 0 bridgehead atoms. The molecule has 1 saturated heterocycles. The van der Waals surface area contributed by atoms with Crippen molar-refractivity contribution in [3.8, 4) is 23.0 Å². The van der Waals surface area contributed by atoms with Crippen molar-refractivity contribution >= 4 is 40.1 Å². The standard InChI is InChI=1S/C36H29F3N4O6/c1-47-32-18-25-29(19-33(32)48-2)40-15-13-30(25)49-31-12-9-23(17-28(31)39)41-34(44)26-20-42(16-14-21-5-3-4-6-27(21)38)36(46)43(35(26)45)24-10-7-22(37)8-11-24/h3-13,15,17-19,26H,14,16,20H2,1-2H3,(H,41,44). The molecule has 0 saturated carbocycles. The fraction of sp³-hybridized carbons (Fsp3) is 0.167. The number of methoxy groups -OCH3 is 2. The summed E-state index contributed by atoms with van der Waals surface area (Å²) in [6, 6.07) is 18.6. The average Bonchev–Trinajstić information content (AvgIpc) is 3.10. The van der Waals surface area contributed by atoms with Crippen LogP contribution in [0, 0.1) is 23.4 Å². The van der Waals surface area contributed by atoms with Gasteiger partial charge in [-0.15, -0.1) is 0 Å². The minimum absolute atomic E-state index is 0.0163. The molecule has 13 heteroatoms. The van der Waals surface area contributed by atoms with Gasteiger partial charge in [-0.25, -0.2) is 22.9 Å². The SMILES string of the molecule is COc1cc2nccc(Oc3ccc(NC(=O)C4CN(CCc5ccccc5F)C(=O)N(c5ccc(F)cc5)C4=O)cc3F)c2cc1OC. The summed E-state index contributed by atoms with van der Waals surface area (Å²) in [6.07, 6.45) is 1.61. The Labute approximate surface area is 278 Å². The first-order chi connectivity index (χ1) is 23.7. The van der Waals surface area contributed by atoms with Crippen LogP contribution in [0.4, 0.5) is 29.3 Å². The number of nitrogens with one attached hydrogen (secondary N) is 1. The van der Waals surface area contributed by atoms with Crippen LogP contribution in [0.15, 0.2) is 91.1 Å². The van der Waals surface area contributed by atoms with E-state index in [1.54, 1.807) is 30.3 Å². The summed E-state index contributed by atoms with van der Waals surface area (Å²) in [7, 11) is 2.98. The predicted molar refractivity (Wildman–Crippen MR) is 174 cm³/mol. The molecule has 1 unspecified atom stereocenters. The number of nitrogens with zero attached hydrogens (tertiary/aromatic N) is 3. The van der Waals surface area contributed by atoms with E-state index in [9.17, 15) is 23.2 Å². The second-order valence-corrected chi connectivity index (χ2v) is 11.0. The number of imide groups is 1. The van der Waals surface area contributed by atoms with E-state index < -0.39 is 41.2 Å². The minimum Gasteiger partial charge on any atom is -0.493 e. The lowest BCUT2D eigenvalue weighted by Gasteiger charge is -2.38. The lowest BCUT2D eigenvalue weighted by atomic mass is 10.0. The Kier molecular flexibility index (Phi) is 9.33. The maximum Gasteiger partial charge on any atom is 0.331 e. The molecule has 1 aliphatic rings. The third kappa shape index (κ3) is 6.82. The highest BCUT2D eigenvalue weighted by Gasteiger charge is 2.43. The Morgan fingerprint density at radius 2 is 1.59 bits per heavy atom. The quantitative estimate of drug-likeness (QED) is 0.164. The first kappa shape index (κ1) is 32.8. The number of rotatable bonds is 10. The van der Waals surface area contributed by atoms with Crippen LogP contribution in [-0.2, 0) is 16.0 Å². The smallest absolute Gasteiger partial charge is 0.331 e. The number of benzene rings is 4. The Morgan fingerprint density at radius 3 is 2.31 bits per heavy atom. The largest absolute Gasteiger partial charge is 0.493 e. The van der Waals surface area contributed by atoms with E-state index in [2.05, 4.69) is 10.3 Å². The number of anilines is 2. The zero-order valence-corrected chi connectivity index (χ0v) is 26.3. The molecular weight excluding hydrogens is 641 g/mol. The predicted octanol–water partition coefficient (Wildman–Crippen LogP) is 6.73. The monoisotopic (exact) mass is 670 g/mol. The Balaban J connectivity index is 1.22. The number of halogens is 3. The van der Waals surface area contributed by atoms with Gasteiger partial charge >= 0.3 is 6.03 Å². The van der Waals surface area contributed by atoms with Gasteiger partial charge in [0, 0.05) is 42.5 Å². The summed E-state index contributed by atoms with van der Waals surface area (Å²) in [5.74, 6) is -3.92. The summed E-state index contributed by atoms with van der Waals surface area (Å²) in [6.45, 7) is -0.333. The van der Waals surface area contributed by atoms with Gasteiger partial charge in [0.05, 0.1) is 25.4 Å². The summed E-state index contributed by atoms with van der Waals surface area (Å²) in [5, 5.41) is 3.09. The van der Waals surface area contributed by atoms with Gasteiger partial charge in [-0.1, -0.05) is 18.2 Å². The van der Waals surface area contributed by atoms with Gasteiger partial charge in [0.1, 0.15) is 23.3 Å². The van der Waals surface area contributed by atoms with Gasteiger partial charge in [0.25, 0.3) is 0 Å². The normalized spacial score (nSPS) is 14.6. The topological polar surface area (TPSA) is 110 Å². The Morgan fingerprint density at radius 1 is 0.857 bits per heavy atom. The first-order valence-corrected chi connectivity index (χ1v) is 15.1. The van der Waals surface area contributed by atoms with E-state index in [-0.39, 0.29) is 42.4 Å². The van der Waals surface area contributed by atoms with Crippen LogP contribution in [0.5, 0.6) is 23.0 Å². The number of hydrogen-bond donors (Lipinski definition) is 1. The number of aromatic nitrogens is 1. The van der Waals surface area contributed by atoms with Crippen LogP contribution in [0.3, 0.4) is 0 Å².